The summed E-state index contributed by atoms with van der Waals surface area (Å²) in [4.78, 5) is 0. The quantitative estimate of drug-likeness (QED) is 0.896. The molecule has 0 amide bonds. The fourth-order valence-corrected chi connectivity index (χ4v) is 1.69. The summed E-state index contributed by atoms with van der Waals surface area (Å²) in [7, 11) is 1.71. The van der Waals surface area contributed by atoms with E-state index in [2.05, 4.69) is 5.10 Å². The summed E-state index contributed by atoms with van der Waals surface area (Å²) in [5.74, 6) is 0. The fraction of sp³-hybridized carbons (Fsp3) is 0.250. The third-order valence-electron chi connectivity index (χ3n) is 2.67. The Morgan fingerprint density at radius 3 is 2.56 bits per heavy atom. The van der Waals surface area contributed by atoms with Crippen LogP contribution < -0.4 is 5.73 Å². The molecule has 2 rings (SSSR count). The number of aromatic nitrogens is 2. The third kappa shape index (κ3) is 2.38. The third-order valence-corrected chi connectivity index (χ3v) is 2.67. The van der Waals surface area contributed by atoms with Gasteiger partial charge in [0.25, 0.3) is 0 Å². The highest BCUT2D eigenvalue weighted by Crippen LogP contribution is 2.31. The van der Waals surface area contributed by atoms with Gasteiger partial charge in [0.05, 0.1) is 17.0 Å². The van der Waals surface area contributed by atoms with E-state index in [4.69, 9.17) is 5.73 Å². The lowest BCUT2D eigenvalue weighted by atomic mass is 10.1. The first-order chi connectivity index (χ1) is 8.41. The number of rotatable bonds is 2. The van der Waals surface area contributed by atoms with Gasteiger partial charge >= 0.3 is 6.18 Å². The zero-order chi connectivity index (χ0) is 13.3. The molecule has 0 fully saturated rings. The van der Waals surface area contributed by atoms with Crippen LogP contribution in [0.2, 0.25) is 0 Å². The number of hydrogen-bond acceptors (Lipinski definition) is 2. The van der Waals surface area contributed by atoms with Crippen LogP contribution >= 0.6 is 0 Å². The van der Waals surface area contributed by atoms with Crippen molar-refractivity contribution in [2.24, 2.45) is 12.8 Å². The molecule has 0 aliphatic heterocycles. The Kier molecular flexibility index (Phi) is 3.13. The summed E-state index contributed by atoms with van der Waals surface area (Å²) in [6.07, 6.45) is -4.35. The molecule has 1 aromatic heterocycles. The molecule has 0 saturated carbocycles. The molecule has 0 spiro atoms. The minimum absolute atomic E-state index is 0.294. The molecule has 0 bridgehead atoms. The van der Waals surface area contributed by atoms with Crippen molar-refractivity contribution in [3.05, 3.63) is 41.6 Å². The number of aryl methyl sites for hydroxylation is 1. The van der Waals surface area contributed by atoms with Crippen LogP contribution in [0.3, 0.4) is 0 Å². The molecular weight excluding hydrogens is 243 g/mol. The van der Waals surface area contributed by atoms with E-state index < -0.39 is 11.7 Å². The van der Waals surface area contributed by atoms with E-state index in [0.29, 0.717) is 17.8 Å². The van der Waals surface area contributed by atoms with Crippen LogP contribution in [0.5, 0.6) is 0 Å². The monoisotopic (exact) mass is 255 g/mol. The van der Waals surface area contributed by atoms with Crippen molar-refractivity contribution >= 4 is 0 Å². The van der Waals surface area contributed by atoms with Crippen molar-refractivity contribution in [2.75, 3.05) is 0 Å². The lowest BCUT2D eigenvalue weighted by Crippen LogP contribution is -2.04. The fourth-order valence-electron chi connectivity index (χ4n) is 1.69. The van der Waals surface area contributed by atoms with Crippen molar-refractivity contribution in [1.82, 2.24) is 9.78 Å². The van der Waals surface area contributed by atoms with Crippen molar-refractivity contribution in [3.63, 3.8) is 0 Å². The SMILES string of the molecule is Cn1nc(-c2cccc(C(F)(F)F)c2)cc1CN. The van der Waals surface area contributed by atoms with Gasteiger partial charge in [-0.05, 0) is 18.2 Å². The molecule has 1 aromatic carbocycles. The zero-order valence-electron chi connectivity index (χ0n) is 9.70. The van der Waals surface area contributed by atoms with E-state index >= 15 is 0 Å². The summed E-state index contributed by atoms with van der Waals surface area (Å²) in [6.45, 7) is 0.294. The first-order valence-electron chi connectivity index (χ1n) is 5.32. The average molecular weight is 255 g/mol. The van der Waals surface area contributed by atoms with Crippen LogP contribution in [0.15, 0.2) is 30.3 Å². The molecule has 2 aromatic rings. The van der Waals surface area contributed by atoms with Gasteiger partial charge in [0, 0.05) is 19.2 Å². The molecule has 0 saturated heterocycles. The van der Waals surface area contributed by atoms with Crippen LogP contribution in [-0.2, 0) is 19.8 Å². The van der Waals surface area contributed by atoms with E-state index in [0.717, 1.165) is 17.8 Å². The van der Waals surface area contributed by atoms with Gasteiger partial charge in [0.2, 0.25) is 0 Å². The maximum atomic E-state index is 12.6. The summed E-state index contributed by atoms with van der Waals surface area (Å²) in [6, 6.07) is 6.78. The average Bonchev–Trinajstić information content (AvgIpc) is 2.70. The van der Waals surface area contributed by atoms with Crippen molar-refractivity contribution < 1.29 is 13.2 Å². The first-order valence-corrected chi connectivity index (χ1v) is 5.32. The molecule has 18 heavy (non-hydrogen) atoms. The van der Waals surface area contributed by atoms with Gasteiger partial charge in [-0.3, -0.25) is 4.68 Å². The van der Waals surface area contributed by atoms with Crippen LogP contribution in [0.4, 0.5) is 13.2 Å². The maximum Gasteiger partial charge on any atom is 0.416 e. The zero-order valence-corrected chi connectivity index (χ0v) is 9.70. The minimum Gasteiger partial charge on any atom is -0.325 e. The predicted molar refractivity (Wildman–Crippen MR) is 61.5 cm³/mol. The highest BCUT2D eigenvalue weighted by atomic mass is 19.4. The van der Waals surface area contributed by atoms with E-state index in [1.54, 1.807) is 23.9 Å². The number of nitrogens with zero attached hydrogens (tertiary/aromatic N) is 2. The summed E-state index contributed by atoms with van der Waals surface area (Å²) < 4.78 is 39.3. The summed E-state index contributed by atoms with van der Waals surface area (Å²) >= 11 is 0. The Hall–Kier alpha value is -1.82. The normalized spacial score (nSPS) is 11.8. The van der Waals surface area contributed by atoms with Gasteiger partial charge in [0.1, 0.15) is 0 Å². The van der Waals surface area contributed by atoms with E-state index in [1.165, 1.54) is 6.07 Å². The lowest BCUT2D eigenvalue weighted by molar-refractivity contribution is -0.137. The molecule has 3 nitrogen and oxygen atoms in total. The Labute approximate surface area is 102 Å². The molecule has 96 valence electrons. The van der Waals surface area contributed by atoms with Crippen molar-refractivity contribution in [3.8, 4) is 11.3 Å². The lowest BCUT2D eigenvalue weighted by Gasteiger charge is -2.07. The number of alkyl halides is 3. The van der Waals surface area contributed by atoms with Crippen LogP contribution in [0.1, 0.15) is 11.3 Å². The second-order valence-electron chi connectivity index (χ2n) is 3.93. The summed E-state index contributed by atoms with van der Waals surface area (Å²) in [5.41, 5.74) is 6.51. The van der Waals surface area contributed by atoms with Gasteiger partial charge in [-0.15, -0.1) is 0 Å². The second-order valence-corrected chi connectivity index (χ2v) is 3.93. The van der Waals surface area contributed by atoms with Crippen molar-refractivity contribution in [1.29, 1.82) is 0 Å². The molecule has 0 radical (unpaired) electrons. The Balaban J connectivity index is 2.44. The Morgan fingerprint density at radius 2 is 2.00 bits per heavy atom. The van der Waals surface area contributed by atoms with Crippen molar-refractivity contribution in [2.45, 2.75) is 12.7 Å². The van der Waals surface area contributed by atoms with Crippen LogP contribution in [0, 0.1) is 0 Å². The van der Waals surface area contributed by atoms with Crippen LogP contribution in [-0.4, -0.2) is 9.78 Å². The Bertz CT molecular complexity index is 558. The minimum atomic E-state index is -4.35. The molecule has 6 heteroatoms. The standard InChI is InChI=1S/C12H12F3N3/c1-18-10(7-16)6-11(17-18)8-3-2-4-9(5-8)12(13,14)15/h2-6H,7,16H2,1H3. The largest absolute Gasteiger partial charge is 0.416 e. The molecule has 1 heterocycles. The van der Waals surface area contributed by atoms with Gasteiger partial charge in [0.15, 0.2) is 0 Å². The molecule has 0 unspecified atom stereocenters. The maximum absolute atomic E-state index is 12.6. The second kappa shape index (κ2) is 4.45. The van der Waals surface area contributed by atoms with Gasteiger partial charge in [-0.2, -0.15) is 18.3 Å². The molecular formula is C12H12F3N3. The van der Waals surface area contributed by atoms with E-state index in [-0.39, 0.29) is 0 Å². The molecule has 0 aliphatic carbocycles. The smallest absolute Gasteiger partial charge is 0.325 e. The molecule has 2 N–H and O–H groups in total. The van der Waals surface area contributed by atoms with Gasteiger partial charge in [-0.25, -0.2) is 0 Å². The predicted octanol–water partition coefficient (Wildman–Crippen LogP) is 2.56. The molecule has 0 atom stereocenters. The summed E-state index contributed by atoms with van der Waals surface area (Å²) in [5, 5.41) is 4.14. The molecule has 0 aliphatic rings. The van der Waals surface area contributed by atoms with Gasteiger partial charge in [-0.1, -0.05) is 12.1 Å². The first kappa shape index (κ1) is 12.6. The number of hydrogen-bond donors (Lipinski definition) is 1. The topological polar surface area (TPSA) is 43.8 Å². The Morgan fingerprint density at radius 1 is 1.28 bits per heavy atom. The highest BCUT2D eigenvalue weighted by molar-refractivity contribution is 5.60. The number of nitrogens with two attached hydrogens (primary N) is 1. The number of benzene rings is 1. The highest BCUT2D eigenvalue weighted by Gasteiger charge is 2.30. The van der Waals surface area contributed by atoms with Gasteiger partial charge < -0.3 is 5.73 Å². The van der Waals surface area contributed by atoms with E-state index in [9.17, 15) is 13.2 Å². The van der Waals surface area contributed by atoms with Crippen LogP contribution in [0.25, 0.3) is 11.3 Å². The number of halogens is 3. The van der Waals surface area contributed by atoms with E-state index in [1.807, 2.05) is 0 Å².